The largest absolute Gasteiger partial charge is 0.353 e. The van der Waals surface area contributed by atoms with Crippen molar-refractivity contribution in [3.8, 4) is 0 Å². The third kappa shape index (κ3) is 2.74. The lowest BCUT2D eigenvalue weighted by Gasteiger charge is -2.38. The van der Waals surface area contributed by atoms with Gasteiger partial charge < -0.3 is 9.80 Å². The van der Waals surface area contributed by atoms with E-state index < -0.39 is 11.6 Å². The summed E-state index contributed by atoms with van der Waals surface area (Å²) in [6.07, 6.45) is 1.58. The Morgan fingerprint density at radius 2 is 2.04 bits per heavy atom. The summed E-state index contributed by atoms with van der Waals surface area (Å²) >= 11 is 5.87. The summed E-state index contributed by atoms with van der Waals surface area (Å²) in [6.45, 7) is 3.47. The van der Waals surface area contributed by atoms with E-state index in [2.05, 4.69) is 9.97 Å². The van der Waals surface area contributed by atoms with Crippen molar-refractivity contribution in [2.45, 2.75) is 19.0 Å². The first-order valence-corrected chi connectivity index (χ1v) is 8.62. The van der Waals surface area contributed by atoms with Crippen molar-refractivity contribution in [1.29, 1.82) is 0 Å². The molecule has 0 aliphatic carbocycles. The number of hydrogen-bond donors (Lipinski definition) is 0. The molecule has 4 rings (SSSR count). The Bertz CT molecular complexity index is 867. The third-order valence-electron chi connectivity index (χ3n) is 4.94. The number of urea groups is 1. The van der Waals surface area contributed by atoms with E-state index in [-0.39, 0.29) is 29.1 Å². The van der Waals surface area contributed by atoms with E-state index in [1.165, 1.54) is 11.0 Å². The summed E-state index contributed by atoms with van der Waals surface area (Å²) in [7, 11) is 0. The molecule has 0 spiro atoms. The first-order chi connectivity index (χ1) is 12.5. The number of hydrogen-bond acceptors (Lipinski definition) is 4. The average Bonchev–Trinajstić information content (AvgIpc) is 2.86. The molecule has 0 N–H and O–H groups in total. The van der Waals surface area contributed by atoms with Gasteiger partial charge in [0.05, 0.1) is 17.8 Å². The zero-order valence-electron chi connectivity index (χ0n) is 13.9. The van der Waals surface area contributed by atoms with E-state index in [4.69, 9.17) is 11.6 Å². The van der Waals surface area contributed by atoms with Gasteiger partial charge in [0, 0.05) is 31.9 Å². The summed E-state index contributed by atoms with van der Waals surface area (Å²) in [5.41, 5.74) is 0.0925. The summed E-state index contributed by atoms with van der Waals surface area (Å²) < 4.78 is 27.4. The second-order valence-corrected chi connectivity index (χ2v) is 6.72. The summed E-state index contributed by atoms with van der Waals surface area (Å²) in [5, 5.41) is 0.162. The normalized spacial score (nSPS) is 22.8. The number of aromatic nitrogens is 2. The lowest BCUT2D eigenvalue weighted by Crippen LogP contribution is -2.53. The smallest absolute Gasteiger partial charge is 0.325 e. The Morgan fingerprint density at radius 1 is 1.23 bits per heavy atom. The standard InChI is InChI=1S/C17H16ClF2N5O/c1-10-14-9-23(15-4-5-21-16(18)22-15)6-7-24(14)17(26)25(10)13-3-2-11(19)8-12(13)20/h2-5,8,10,14H,6-7,9H2,1H3. The van der Waals surface area contributed by atoms with Gasteiger partial charge in [-0.2, -0.15) is 0 Å². The lowest BCUT2D eigenvalue weighted by atomic mass is 10.1. The molecule has 2 aliphatic rings. The molecule has 6 nitrogen and oxygen atoms in total. The number of nitrogens with zero attached hydrogens (tertiary/aromatic N) is 5. The molecule has 0 bridgehead atoms. The number of amides is 2. The van der Waals surface area contributed by atoms with Crippen LogP contribution >= 0.6 is 11.6 Å². The number of fused-ring (bicyclic) bond motifs is 1. The van der Waals surface area contributed by atoms with Crippen LogP contribution in [0.2, 0.25) is 5.28 Å². The second-order valence-electron chi connectivity index (χ2n) is 6.38. The van der Waals surface area contributed by atoms with Crippen molar-refractivity contribution in [2.75, 3.05) is 29.4 Å². The van der Waals surface area contributed by atoms with Crippen molar-refractivity contribution in [3.05, 3.63) is 47.4 Å². The predicted octanol–water partition coefficient (Wildman–Crippen LogP) is 2.93. The minimum atomic E-state index is -0.746. The number of rotatable bonds is 2. The molecular weight excluding hydrogens is 364 g/mol. The van der Waals surface area contributed by atoms with Gasteiger partial charge in [-0.25, -0.2) is 23.5 Å². The van der Waals surface area contributed by atoms with Crippen LogP contribution in [-0.4, -0.2) is 52.6 Å². The van der Waals surface area contributed by atoms with Gasteiger partial charge in [0.2, 0.25) is 5.28 Å². The van der Waals surface area contributed by atoms with Crippen LogP contribution in [0, 0.1) is 11.6 Å². The zero-order valence-corrected chi connectivity index (χ0v) is 14.7. The fraction of sp³-hybridized carbons (Fsp3) is 0.353. The van der Waals surface area contributed by atoms with E-state index in [9.17, 15) is 13.6 Å². The van der Waals surface area contributed by atoms with E-state index in [1.807, 2.05) is 11.8 Å². The van der Waals surface area contributed by atoms with Crippen molar-refractivity contribution in [3.63, 3.8) is 0 Å². The zero-order chi connectivity index (χ0) is 18.4. The minimum absolute atomic E-state index is 0.0925. The highest BCUT2D eigenvalue weighted by atomic mass is 35.5. The van der Waals surface area contributed by atoms with Crippen LogP contribution in [0.1, 0.15) is 6.92 Å². The van der Waals surface area contributed by atoms with Crippen molar-refractivity contribution < 1.29 is 13.6 Å². The Morgan fingerprint density at radius 3 is 2.77 bits per heavy atom. The van der Waals surface area contributed by atoms with Crippen LogP contribution in [-0.2, 0) is 0 Å². The van der Waals surface area contributed by atoms with Gasteiger partial charge in [0.15, 0.2) is 0 Å². The monoisotopic (exact) mass is 379 g/mol. The number of piperazine rings is 1. The molecule has 0 radical (unpaired) electrons. The highest BCUT2D eigenvalue weighted by Crippen LogP contribution is 2.33. The molecule has 2 saturated heterocycles. The molecule has 2 amide bonds. The molecular formula is C17H16ClF2N5O. The van der Waals surface area contributed by atoms with Crippen LogP contribution in [0.15, 0.2) is 30.5 Å². The molecule has 2 fully saturated rings. The molecule has 9 heteroatoms. The van der Waals surface area contributed by atoms with E-state index in [1.54, 1.807) is 17.2 Å². The Labute approximate surface area is 154 Å². The number of halogens is 3. The fourth-order valence-corrected chi connectivity index (χ4v) is 3.80. The molecule has 2 aliphatic heterocycles. The maximum Gasteiger partial charge on any atom is 0.325 e. The molecule has 3 heterocycles. The van der Waals surface area contributed by atoms with Gasteiger partial charge in [0.25, 0.3) is 0 Å². The summed E-state index contributed by atoms with van der Waals surface area (Å²) in [6, 6.07) is 4.33. The van der Waals surface area contributed by atoms with Gasteiger partial charge >= 0.3 is 6.03 Å². The van der Waals surface area contributed by atoms with Gasteiger partial charge in [-0.3, -0.25) is 4.90 Å². The fourth-order valence-electron chi connectivity index (χ4n) is 3.65. The number of anilines is 2. The average molecular weight is 380 g/mol. The highest BCUT2D eigenvalue weighted by molar-refractivity contribution is 6.28. The summed E-state index contributed by atoms with van der Waals surface area (Å²) in [4.78, 5) is 26.1. The van der Waals surface area contributed by atoms with Gasteiger partial charge in [-0.15, -0.1) is 0 Å². The predicted molar refractivity (Wildman–Crippen MR) is 93.4 cm³/mol. The van der Waals surface area contributed by atoms with E-state index in [0.29, 0.717) is 25.5 Å². The summed E-state index contributed by atoms with van der Waals surface area (Å²) in [5.74, 6) is -0.727. The molecule has 1 aromatic heterocycles. The topological polar surface area (TPSA) is 52.6 Å². The molecule has 136 valence electrons. The quantitative estimate of drug-likeness (QED) is 0.753. The van der Waals surface area contributed by atoms with Gasteiger partial charge in [0.1, 0.15) is 17.5 Å². The number of carbonyl (C=O) groups is 1. The molecule has 2 unspecified atom stereocenters. The van der Waals surface area contributed by atoms with Crippen molar-refractivity contribution in [1.82, 2.24) is 14.9 Å². The van der Waals surface area contributed by atoms with Gasteiger partial charge in [-0.1, -0.05) is 0 Å². The Hall–Kier alpha value is -2.48. The van der Waals surface area contributed by atoms with Crippen LogP contribution < -0.4 is 9.80 Å². The minimum Gasteiger partial charge on any atom is -0.353 e. The Kier molecular flexibility index (Phi) is 4.14. The third-order valence-corrected chi connectivity index (χ3v) is 5.12. The molecule has 26 heavy (non-hydrogen) atoms. The molecule has 2 atom stereocenters. The van der Waals surface area contributed by atoms with E-state index >= 15 is 0 Å². The first kappa shape index (κ1) is 17.0. The van der Waals surface area contributed by atoms with Crippen molar-refractivity contribution in [2.24, 2.45) is 0 Å². The van der Waals surface area contributed by atoms with Gasteiger partial charge in [-0.05, 0) is 36.7 Å². The maximum absolute atomic E-state index is 14.2. The maximum atomic E-state index is 14.2. The van der Waals surface area contributed by atoms with Crippen LogP contribution in [0.3, 0.4) is 0 Å². The lowest BCUT2D eigenvalue weighted by molar-refractivity contribution is 0.195. The Balaban J connectivity index is 1.61. The van der Waals surface area contributed by atoms with Crippen LogP contribution in [0.25, 0.3) is 0 Å². The number of benzene rings is 1. The van der Waals surface area contributed by atoms with E-state index in [0.717, 1.165) is 12.1 Å². The SMILES string of the molecule is CC1C2CN(c3ccnc(Cl)n3)CCN2C(=O)N1c1ccc(F)cc1F. The van der Waals surface area contributed by atoms with Crippen LogP contribution in [0.5, 0.6) is 0 Å². The number of carbonyl (C=O) groups excluding carboxylic acids is 1. The molecule has 2 aromatic rings. The molecule has 0 saturated carbocycles. The molecule has 1 aromatic carbocycles. The van der Waals surface area contributed by atoms with Crippen molar-refractivity contribution >= 4 is 29.1 Å². The first-order valence-electron chi connectivity index (χ1n) is 8.24. The highest BCUT2D eigenvalue weighted by Gasteiger charge is 2.47. The second kappa shape index (κ2) is 6.35. The van der Waals surface area contributed by atoms with Crippen LogP contribution in [0.4, 0.5) is 25.1 Å².